The summed E-state index contributed by atoms with van der Waals surface area (Å²) < 4.78 is 0. The second kappa shape index (κ2) is 16.9. The lowest BCUT2D eigenvalue weighted by Gasteiger charge is -2.50. The molecule has 0 heterocycles. The highest BCUT2D eigenvalue weighted by atomic mass is 14.5. The van der Waals surface area contributed by atoms with Crippen LogP contribution in [0.25, 0.3) is 0 Å². The predicted molar refractivity (Wildman–Crippen MR) is 126 cm³/mol. The molecule has 0 aromatic heterocycles. The molecule has 0 aliphatic heterocycles. The molecular formula is C27H56. The van der Waals surface area contributed by atoms with E-state index in [0.717, 1.165) is 17.8 Å². The van der Waals surface area contributed by atoms with Crippen LogP contribution in [-0.4, -0.2) is 0 Å². The average molecular weight is 381 g/mol. The van der Waals surface area contributed by atoms with Crippen LogP contribution in [0, 0.1) is 23.2 Å². The van der Waals surface area contributed by atoms with Gasteiger partial charge in [-0.15, -0.1) is 0 Å². The van der Waals surface area contributed by atoms with E-state index < -0.39 is 0 Å². The van der Waals surface area contributed by atoms with Crippen LogP contribution in [-0.2, 0) is 0 Å². The summed E-state index contributed by atoms with van der Waals surface area (Å²) in [6.07, 6.45) is 22.9. The van der Waals surface area contributed by atoms with Gasteiger partial charge in [-0.05, 0) is 48.9 Å². The molecule has 164 valence electrons. The highest BCUT2D eigenvalue weighted by Crippen LogP contribution is 2.53. The third-order valence-corrected chi connectivity index (χ3v) is 7.35. The van der Waals surface area contributed by atoms with Gasteiger partial charge in [-0.3, -0.25) is 0 Å². The second-order valence-corrected chi connectivity index (χ2v) is 9.74. The molecule has 0 saturated heterocycles. The van der Waals surface area contributed by atoms with Crippen LogP contribution in [0.1, 0.15) is 151 Å². The maximum atomic E-state index is 2.52. The van der Waals surface area contributed by atoms with Crippen molar-refractivity contribution in [2.75, 3.05) is 0 Å². The van der Waals surface area contributed by atoms with Crippen molar-refractivity contribution in [2.24, 2.45) is 23.2 Å². The lowest BCUT2D eigenvalue weighted by atomic mass is 9.55. The Morgan fingerprint density at radius 2 is 1.00 bits per heavy atom. The van der Waals surface area contributed by atoms with Crippen LogP contribution >= 0.6 is 0 Å². The number of unbranched alkanes of at least 4 members (excludes halogenated alkanes) is 7. The largest absolute Gasteiger partial charge is 0.0654 e. The zero-order valence-electron chi connectivity index (χ0n) is 20.5. The van der Waals surface area contributed by atoms with E-state index in [1.54, 1.807) is 0 Å². The third kappa shape index (κ3) is 9.85. The minimum Gasteiger partial charge on any atom is -0.0654 e. The lowest BCUT2D eigenvalue weighted by molar-refractivity contribution is 0.000486. The van der Waals surface area contributed by atoms with Crippen LogP contribution < -0.4 is 0 Å². The molecule has 0 aliphatic rings. The third-order valence-electron chi connectivity index (χ3n) is 7.35. The second-order valence-electron chi connectivity index (χ2n) is 9.74. The Kier molecular flexibility index (Phi) is 16.9. The molecule has 0 amide bonds. The van der Waals surface area contributed by atoms with Gasteiger partial charge in [0.05, 0.1) is 0 Å². The van der Waals surface area contributed by atoms with E-state index in [1.807, 2.05) is 0 Å². The molecule has 0 aromatic carbocycles. The first-order valence-electron chi connectivity index (χ1n) is 13.0. The fourth-order valence-electron chi connectivity index (χ4n) is 5.97. The normalized spacial score (nSPS) is 14.7. The van der Waals surface area contributed by atoms with Crippen molar-refractivity contribution in [1.29, 1.82) is 0 Å². The van der Waals surface area contributed by atoms with Gasteiger partial charge < -0.3 is 0 Å². The molecular weight excluding hydrogens is 324 g/mol. The number of rotatable bonds is 19. The Bertz CT molecular complexity index is 293. The molecule has 0 nitrogen and oxygen atoms in total. The van der Waals surface area contributed by atoms with Gasteiger partial charge in [0.1, 0.15) is 0 Å². The summed E-state index contributed by atoms with van der Waals surface area (Å²) in [6, 6.07) is 0. The first kappa shape index (κ1) is 27.0. The Morgan fingerprint density at radius 3 is 1.41 bits per heavy atom. The van der Waals surface area contributed by atoms with Crippen molar-refractivity contribution in [3.05, 3.63) is 0 Å². The molecule has 0 aliphatic carbocycles. The van der Waals surface area contributed by atoms with Crippen molar-refractivity contribution in [2.45, 2.75) is 151 Å². The Balaban J connectivity index is 5.76. The number of hydrogen-bond acceptors (Lipinski definition) is 0. The highest BCUT2D eigenvalue weighted by Gasteiger charge is 2.43. The first-order valence-corrected chi connectivity index (χ1v) is 13.0. The summed E-state index contributed by atoms with van der Waals surface area (Å²) in [7, 11) is 0. The van der Waals surface area contributed by atoms with Gasteiger partial charge in [0, 0.05) is 0 Å². The first-order chi connectivity index (χ1) is 13.0. The smallest absolute Gasteiger partial charge is 0.0239 e. The van der Waals surface area contributed by atoms with Crippen LogP contribution in [0.5, 0.6) is 0 Å². The molecule has 0 heteroatoms. The molecule has 0 bridgehead atoms. The van der Waals surface area contributed by atoms with Gasteiger partial charge in [-0.25, -0.2) is 0 Å². The summed E-state index contributed by atoms with van der Waals surface area (Å²) in [5, 5.41) is 0. The van der Waals surface area contributed by atoms with Crippen molar-refractivity contribution in [3.63, 3.8) is 0 Å². The molecule has 0 spiro atoms. The maximum Gasteiger partial charge on any atom is -0.0239 e. The Labute approximate surface area is 174 Å². The Hall–Kier alpha value is 0. The molecule has 0 rings (SSSR count). The summed E-state index contributed by atoms with van der Waals surface area (Å²) in [4.78, 5) is 0. The fourth-order valence-corrected chi connectivity index (χ4v) is 5.97. The van der Waals surface area contributed by atoms with E-state index >= 15 is 0 Å². The van der Waals surface area contributed by atoms with E-state index in [0.29, 0.717) is 5.41 Å². The zero-order valence-corrected chi connectivity index (χ0v) is 20.5. The van der Waals surface area contributed by atoms with Gasteiger partial charge >= 0.3 is 0 Å². The minimum absolute atomic E-state index is 0.607. The van der Waals surface area contributed by atoms with E-state index in [-0.39, 0.29) is 0 Å². The van der Waals surface area contributed by atoms with Crippen molar-refractivity contribution in [3.8, 4) is 0 Å². The minimum atomic E-state index is 0.607. The van der Waals surface area contributed by atoms with Crippen molar-refractivity contribution in [1.82, 2.24) is 0 Å². The van der Waals surface area contributed by atoms with Gasteiger partial charge in [-0.2, -0.15) is 0 Å². The van der Waals surface area contributed by atoms with E-state index in [2.05, 4.69) is 48.5 Å². The fraction of sp³-hybridized carbons (Fsp3) is 1.00. The quantitative estimate of drug-likeness (QED) is 0.195. The molecule has 0 radical (unpaired) electrons. The molecule has 0 aromatic rings. The molecule has 2 atom stereocenters. The van der Waals surface area contributed by atoms with Crippen LogP contribution in [0.2, 0.25) is 0 Å². The van der Waals surface area contributed by atoms with Crippen LogP contribution in [0.15, 0.2) is 0 Å². The van der Waals surface area contributed by atoms with E-state index in [4.69, 9.17) is 0 Å². The predicted octanol–water partition coefficient (Wildman–Crippen LogP) is 10.2. The van der Waals surface area contributed by atoms with Gasteiger partial charge in [0.15, 0.2) is 0 Å². The molecule has 0 fully saturated rings. The molecule has 2 unspecified atom stereocenters. The SMILES string of the molecule is CCCCCC(CCCC)C(CCCCC)(CCCCC)C(CC)C(C)C. The highest BCUT2D eigenvalue weighted by molar-refractivity contribution is 4.93. The van der Waals surface area contributed by atoms with Gasteiger partial charge in [0.2, 0.25) is 0 Å². The molecule has 0 saturated carbocycles. The lowest BCUT2D eigenvalue weighted by Crippen LogP contribution is -2.41. The summed E-state index contributed by atoms with van der Waals surface area (Å²) in [6.45, 7) is 17.0. The van der Waals surface area contributed by atoms with E-state index in [1.165, 1.54) is 103 Å². The molecule has 27 heavy (non-hydrogen) atoms. The summed E-state index contributed by atoms with van der Waals surface area (Å²) in [5.74, 6) is 2.70. The van der Waals surface area contributed by atoms with Crippen LogP contribution in [0.3, 0.4) is 0 Å². The Morgan fingerprint density at radius 1 is 0.556 bits per heavy atom. The van der Waals surface area contributed by atoms with Crippen molar-refractivity contribution >= 4 is 0 Å². The summed E-state index contributed by atoms with van der Waals surface area (Å²) in [5.41, 5.74) is 0.607. The topological polar surface area (TPSA) is 0 Å². The monoisotopic (exact) mass is 380 g/mol. The van der Waals surface area contributed by atoms with E-state index in [9.17, 15) is 0 Å². The zero-order chi connectivity index (χ0) is 20.5. The molecule has 0 N–H and O–H groups in total. The standard InChI is InChI=1S/C27H56/c1-8-13-17-21-25(20-16-11-4)27(22-18-14-9-2,23-19-15-10-3)26(12-5)24(6)7/h24-26H,8-23H2,1-7H3. The maximum absolute atomic E-state index is 2.52. The van der Waals surface area contributed by atoms with Gasteiger partial charge in [-0.1, -0.05) is 126 Å². The van der Waals surface area contributed by atoms with Gasteiger partial charge in [0.25, 0.3) is 0 Å². The van der Waals surface area contributed by atoms with Crippen molar-refractivity contribution < 1.29 is 0 Å². The summed E-state index contributed by atoms with van der Waals surface area (Å²) >= 11 is 0. The average Bonchev–Trinajstić information content (AvgIpc) is 2.64. The van der Waals surface area contributed by atoms with Crippen LogP contribution in [0.4, 0.5) is 0 Å². The number of hydrogen-bond donors (Lipinski definition) is 0.